The first kappa shape index (κ1) is 13.5. The van der Waals surface area contributed by atoms with Crippen LogP contribution in [0, 0.1) is 6.92 Å². The van der Waals surface area contributed by atoms with Gasteiger partial charge in [0.1, 0.15) is 0 Å². The maximum Gasteiger partial charge on any atom is 0.418 e. The van der Waals surface area contributed by atoms with Crippen molar-refractivity contribution >= 4 is 22.7 Å². The number of imide groups is 1. The van der Waals surface area contributed by atoms with E-state index in [1.54, 1.807) is 0 Å². The first-order valence-corrected chi connectivity index (χ1v) is 6.06. The van der Waals surface area contributed by atoms with E-state index in [0.717, 1.165) is 11.0 Å². The number of amides is 2. The largest absolute Gasteiger partial charge is 0.418 e. The number of rotatable bonds is 0. The predicted octanol–water partition coefficient (Wildman–Crippen LogP) is 2.79. The molecule has 2 aromatic rings. The van der Waals surface area contributed by atoms with Crippen molar-refractivity contribution in [3.63, 3.8) is 0 Å². The van der Waals surface area contributed by atoms with E-state index in [-0.39, 0.29) is 27.7 Å². The Hall–Kier alpha value is -2.44. The highest BCUT2D eigenvalue weighted by Gasteiger charge is 2.39. The fourth-order valence-corrected chi connectivity index (χ4v) is 2.55. The Kier molecular flexibility index (Phi) is 2.60. The van der Waals surface area contributed by atoms with Gasteiger partial charge in [-0.2, -0.15) is 13.2 Å². The van der Waals surface area contributed by atoms with Gasteiger partial charge in [0.05, 0.1) is 27.9 Å². The van der Waals surface area contributed by atoms with Crippen LogP contribution in [0.3, 0.4) is 0 Å². The second kappa shape index (κ2) is 4.03. The average molecular weight is 294 g/mol. The zero-order chi connectivity index (χ0) is 15.5. The molecule has 1 aliphatic heterocycles. The fourth-order valence-electron chi connectivity index (χ4n) is 2.55. The molecular weight excluding hydrogens is 285 g/mol. The minimum absolute atomic E-state index is 0.00361. The molecule has 1 aliphatic rings. The minimum atomic E-state index is -4.58. The van der Waals surface area contributed by atoms with Gasteiger partial charge in [0, 0.05) is 12.4 Å². The number of hydrogen-bond acceptors (Lipinski definition) is 3. The number of aryl methyl sites for hydroxylation is 1. The molecule has 108 valence electrons. The second-order valence-electron chi connectivity index (χ2n) is 4.82. The molecule has 3 rings (SSSR count). The van der Waals surface area contributed by atoms with E-state index in [2.05, 4.69) is 4.98 Å². The monoisotopic (exact) mass is 294 g/mol. The van der Waals surface area contributed by atoms with Gasteiger partial charge >= 0.3 is 6.18 Å². The van der Waals surface area contributed by atoms with Crippen LogP contribution in [-0.4, -0.2) is 28.7 Å². The number of para-hydroxylation sites is 1. The number of benzene rings is 1. The highest BCUT2D eigenvalue weighted by atomic mass is 19.4. The van der Waals surface area contributed by atoms with Crippen LogP contribution in [0.15, 0.2) is 18.2 Å². The van der Waals surface area contributed by atoms with Crippen LogP contribution in [-0.2, 0) is 6.18 Å². The Bertz CT molecular complexity index is 812. The van der Waals surface area contributed by atoms with Crippen LogP contribution in [0.1, 0.15) is 32.0 Å². The number of fused-ring (bicyclic) bond motifs is 3. The van der Waals surface area contributed by atoms with Crippen molar-refractivity contribution in [2.45, 2.75) is 13.1 Å². The highest BCUT2D eigenvalue weighted by molar-refractivity contribution is 6.26. The summed E-state index contributed by atoms with van der Waals surface area (Å²) in [5, 5.41) is 0.0492. The standard InChI is InChI=1S/C14H9F3N2O2/c1-6-9-10(13(21)19(2)12(9)20)7-4-3-5-8(11(7)18-6)14(15,16)17/h3-5H,1-2H3. The van der Waals surface area contributed by atoms with Crippen LogP contribution in [0.5, 0.6) is 0 Å². The molecule has 21 heavy (non-hydrogen) atoms. The van der Waals surface area contributed by atoms with Crippen LogP contribution >= 0.6 is 0 Å². The molecule has 2 heterocycles. The van der Waals surface area contributed by atoms with E-state index in [9.17, 15) is 22.8 Å². The molecule has 0 N–H and O–H groups in total. The normalized spacial score (nSPS) is 15.0. The third-order valence-electron chi connectivity index (χ3n) is 3.54. The maximum atomic E-state index is 13.0. The summed E-state index contributed by atoms with van der Waals surface area (Å²) in [6, 6.07) is 3.49. The van der Waals surface area contributed by atoms with Crippen molar-refractivity contribution in [2.24, 2.45) is 0 Å². The lowest BCUT2D eigenvalue weighted by atomic mass is 10.00. The lowest BCUT2D eigenvalue weighted by molar-refractivity contribution is -0.136. The first-order valence-electron chi connectivity index (χ1n) is 6.06. The molecule has 0 radical (unpaired) electrons. The van der Waals surface area contributed by atoms with E-state index in [0.29, 0.717) is 0 Å². The van der Waals surface area contributed by atoms with E-state index >= 15 is 0 Å². The Labute approximate surface area is 117 Å². The van der Waals surface area contributed by atoms with Crippen LogP contribution in [0.2, 0.25) is 0 Å². The summed E-state index contributed by atoms with van der Waals surface area (Å²) in [5.74, 6) is -1.15. The third-order valence-corrected chi connectivity index (χ3v) is 3.54. The Morgan fingerprint density at radius 2 is 1.71 bits per heavy atom. The Morgan fingerprint density at radius 3 is 2.33 bits per heavy atom. The maximum absolute atomic E-state index is 13.0. The van der Waals surface area contributed by atoms with Crippen LogP contribution < -0.4 is 0 Å². The number of carbonyl (C=O) groups excluding carboxylic acids is 2. The van der Waals surface area contributed by atoms with Gasteiger partial charge < -0.3 is 0 Å². The van der Waals surface area contributed by atoms with Gasteiger partial charge in [-0.25, -0.2) is 0 Å². The number of carbonyl (C=O) groups is 2. The van der Waals surface area contributed by atoms with Gasteiger partial charge in [0.25, 0.3) is 11.8 Å². The third kappa shape index (κ3) is 1.73. The van der Waals surface area contributed by atoms with E-state index < -0.39 is 23.6 Å². The average Bonchev–Trinajstić information content (AvgIpc) is 2.63. The topological polar surface area (TPSA) is 50.3 Å². The summed E-state index contributed by atoms with van der Waals surface area (Å²) in [5.41, 5.74) is -1.03. The molecule has 2 amide bonds. The molecule has 0 atom stereocenters. The van der Waals surface area contributed by atoms with Crippen molar-refractivity contribution in [2.75, 3.05) is 7.05 Å². The van der Waals surface area contributed by atoms with Gasteiger partial charge in [-0.1, -0.05) is 12.1 Å². The van der Waals surface area contributed by atoms with Gasteiger partial charge in [-0.15, -0.1) is 0 Å². The van der Waals surface area contributed by atoms with Crippen molar-refractivity contribution in [1.29, 1.82) is 0 Å². The number of pyridine rings is 1. The van der Waals surface area contributed by atoms with Crippen LogP contribution in [0.4, 0.5) is 13.2 Å². The molecular formula is C14H9F3N2O2. The smallest absolute Gasteiger partial charge is 0.277 e. The molecule has 1 aromatic carbocycles. The quantitative estimate of drug-likeness (QED) is 0.702. The summed E-state index contributed by atoms with van der Waals surface area (Å²) in [4.78, 5) is 28.9. The summed E-state index contributed by atoms with van der Waals surface area (Å²) in [6.07, 6.45) is -4.58. The molecule has 0 bridgehead atoms. The van der Waals surface area contributed by atoms with Crippen molar-refractivity contribution in [3.8, 4) is 0 Å². The second-order valence-corrected chi connectivity index (χ2v) is 4.82. The molecule has 0 spiro atoms. The predicted molar refractivity (Wildman–Crippen MR) is 67.9 cm³/mol. The van der Waals surface area contributed by atoms with Gasteiger partial charge in [-0.3, -0.25) is 19.5 Å². The molecule has 4 nitrogen and oxygen atoms in total. The van der Waals surface area contributed by atoms with Crippen molar-refractivity contribution in [1.82, 2.24) is 9.88 Å². The van der Waals surface area contributed by atoms with Gasteiger partial charge in [-0.05, 0) is 13.0 Å². The van der Waals surface area contributed by atoms with Crippen molar-refractivity contribution in [3.05, 3.63) is 40.6 Å². The lowest BCUT2D eigenvalue weighted by Crippen LogP contribution is -2.24. The molecule has 7 heteroatoms. The van der Waals surface area contributed by atoms with E-state index in [4.69, 9.17) is 0 Å². The highest BCUT2D eigenvalue weighted by Crippen LogP contribution is 2.37. The van der Waals surface area contributed by atoms with Gasteiger partial charge in [0.2, 0.25) is 0 Å². The van der Waals surface area contributed by atoms with Crippen LogP contribution in [0.25, 0.3) is 10.9 Å². The minimum Gasteiger partial charge on any atom is -0.277 e. The number of aromatic nitrogens is 1. The van der Waals surface area contributed by atoms with Crippen molar-refractivity contribution < 1.29 is 22.8 Å². The van der Waals surface area contributed by atoms with E-state index in [1.165, 1.54) is 26.1 Å². The summed E-state index contributed by atoms with van der Waals surface area (Å²) < 4.78 is 39.1. The Morgan fingerprint density at radius 1 is 1.10 bits per heavy atom. The number of hydrogen-bond donors (Lipinski definition) is 0. The Balaban J connectivity index is 2.48. The molecule has 1 aromatic heterocycles. The number of nitrogens with zero attached hydrogens (tertiary/aromatic N) is 2. The molecule has 0 aliphatic carbocycles. The SMILES string of the molecule is Cc1nc2c(C(F)(F)F)cccc2c2c1C(=O)N(C)C2=O. The summed E-state index contributed by atoms with van der Waals surface area (Å²) in [7, 11) is 1.30. The summed E-state index contributed by atoms with van der Waals surface area (Å²) in [6.45, 7) is 1.43. The molecule has 0 fully saturated rings. The fraction of sp³-hybridized carbons (Fsp3) is 0.214. The summed E-state index contributed by atoms with van der Waals surface area (Å²) >= 11 is 0. The molecule has 0 saturated heterocycles. The molecule has 0 saturated carbocycles. The van der Waals surface area contributed by atoms with E-state index in [1.807, 2.05) is 0 Å². The number of halogens is 3. The zero-order valence-corrected chi connectivity index (χ0v) is 11.1. The van der Waals surface area contributed by atoms with Gasteiger partial charge in [0.15, 0.2) is 0 Å². The zero-order valence-electron chi connectivity index (χ0n) is 11.1. The lowest BCUT2D eigenvalue weighted by Gasteiger charge is -2.12. The number of alkyl halides is 3. The first-order chi connectivity index (χ1) is 9.73. The molecule has 0 unspecified atom stereocenters.